The first-order chi connectivity index (χ1) is 10.3. The predicted octanol–water partition coefficient (Wildman–Crippen LogP) is 3.68. The van der Waals surface area contributed by atoms with Crippen molar-refractivity contribution in [2.24, 2.45) is 0 Å². The van der Waals surface area contributed by atoms with E-state index in [0.29, 0.717) is 14.5 Å². The fraction of sp³-hybridized carbons (Fsp3) is 0.111. The number of fused-ring (bicyclic) bond motifs is 1. The zero-order valence-electron chi connectivity index (χ0n) is 11.4. The number of benzene rings is 2. The van der Waals surface area contributed by atoms with Crippen molar-refractivity contribution in [3.63, 3.8) is 0 Å². The van der Waals surface area contributed by atoms with Gasteiger partial charge in [0.15, 0.2) is 0 Å². The first kappa shape index (κ1) is 13.4. The molecule has 0 amide bonds. The number of rotatable bonds is 2. The van der Waals surface area contributed by atoms with E-state index in [1.54, 1.807) is 0 Å². The average Bonchev–Trinajstić information content (AvgIpc) is 3.06. The molecular weight excluding hydrogens is 390 g/mol. The minimum atomic E-state index is -1.68. The van der Waals surface area contributed by atoms with Crippen molar-refractivity contribution in [3.8, 4) is 20.0 Å². The molecule has 3 aromatic rings. The fourth-order valence-electron chi connectivity index (χ4n) is 2.82. The summed E-state index contributed by atoms with van der Waals surface area (Å²) in [7, 11) is 0. The Balaban J connectivity index is 1.93. The van der Waals surface area contributed by atoms with Crippen LogP contribution >= 0.6 is 0 Å². The molecule has 1 aliphatic rings. The molecule has 0 saturated heterocycles. The van der Waals surface area contributed by atoms with Crippen molar-refractivity contribution < 1.29 is 3.83 Å². The molecule has 0 bridgehead atoms. The van der Waals surface area contributed by atoms with Gasteiger partial charge in [0, 0.05) is 0 Å². The molecule has 0 spiro atoms. The van der Waals surface area contributed by atoms with E-state index in [2.05, 4.69) is 60.7 Å². The van der Waals surface area contributed by atoms with Gasteiger partial charge in [-0.05, 0) is 0 Å². The molecule has 0 saturated carbocycles. The van der Waals surface area contributed by atoms with Crippen molar-refractivity contribution in [2.45, 2.75) is 10.6 Å². The third kappa shape index (κ3) is 2.41. The molecule has 104 valence electrons. The van der Waals surface area contributed by atoms with Crippen molar-refractivity contribution in [3.05, 3.63) is 71.8 Å². The SMILES string of the molecule is O=[Se]1Cc2c(-c3ccccc3)[se]c(-c3ccccc3)c2C1. The van der Waals surface area contributed by atoms with Gasteiger partial charge in [0.25, 0.3) is 0 Å². The topological polar surface area (TPSA) is 17.1 Å². The molecule has 0 radical (unpaired) electrons. The number of hydrogen-bond acceptors (Lipinski definition) is 1. The van der Waals surface area contributed by atoms with Crippen molar-refractivity contribution in [1.29, 1.82) is 0 Å². The fourth-order valence-corrected chi connectivity index (χ4v) is 9.48. The van der Waals surface area contributed by atoms with Crippen molar-refractivity contribution in [2.75, 3.05) is 0 Å². The summed E-state index contributed by atoms with van der Waals surface area (Å²) in [5.74, 6) is 0. The maximum atomic E-state index is 12.2. The van der Waals surface area contributed by atoms with Crippen LogP contribution < -0.4 is 0 Å². The Bertz CT molecular complexity index is 738. The molecule has 3 heteroatoms. The van der Waals surface area contributed by atoms with E-state index in [4.69, 9.17) is 0 Å². The van der Waals surface area contributed by atoms with Gasteiger partial charge in [0.2, 0.25) is 0 Å². The maximum absolute atomic E-state index is 12.2. The van der Waals surface area contributed by atoms with E-state index >= 15 is 0 Å². The average molecular weight is 404 g/mol. The van der Waals surface area contributed by atoms with Gasteiger partial charge >= 0.3 is 135 Å². The van der Waals surface area contributed by atoms with Gasteiger partial charge in [0.1, 0.15) is 0 Å². The predicted molar refractivity (Wildman–Crippen MR) is 88.1 cm³/mol. The van der Waals surface area contributed by atoms with E-state index < -0.39 is 13.8 Å². The first-order valence-electron chi connectivity index (χ1n) is 6.93. The summed E-state index contributed by atoms with van der Waals surface area (Å²) in [6.07, 6.45) is 0. The van der Waals surface area contributed by atoms with Gasteiger partial charge in [-0.3, -0.25) is 0 Å². The van der Waals surface area contributed by atoms with Gasteiger partial charge in [-0.1, -0.05) is 0 Å². The van der Waals surface area contributed by atoms with E-state index in [1.165, 1.54) is 31.1 Å². The zero-order valence-corrected chi connectivity index (χ0v) is 14.8. The third-order valence-corrected chi connectivity index (χ3v) is 9.24. The molecule has 1 aromatic heterocycles. The second-order valence-corrected chi connectivity index (χ2v) is 10.4. The normalized spacial score (nSPS) is 14.3. The summed E-state index contributed by atoms with van der Waals surface area (Å²) in [5.41, 5.74) is 5.44. The summed E-state index contributed by atoms with van der Waals surface area (Å²) in [6.45, 7) is 0. The van der Waals surface area contributed by atoms with E-state index in [1.807, 2.05) is 0 Å². The van der Waals surface area contributed by atoms with Crippen LogP contribution in [0.2, 0.25) is 0 Å². The molecular formula is C18H14OSe2. The van der Waals surface area contributed by atoms with Crippen LogP contribution in [0.1, 0.15) is 11.1 Å². The molecule has 0 atom stereocenters. The van der Waals surface area contributed by atoms with Crippen LogP contribution in [0, 0.1) is 0 Å². The van der Waals surface area contributed by atoms with Crippen molar-refractivity contribution in [1.82, 2.24) is 0 Å². The van der Waals surface area contributed by atoms with Gasteiger partial charge in [-0.2, -0.15) is 0 Å². The van der Waals surface area contributed by atoms with Gasteiger partial charge in [0.05, 0.1) is 0 Å². The van der Waals surface area contributed by atoms with Gasteiger partial charge in [-0.15, -0.1) is 0 Å². The van der Waals surface area contributed by atoms with E-state index in [9.17, 15) is 3.83 Å². The molecule has 2 heterocycles. The van der Waals surface area contributed by atoms with Crippen LogP contribution in [0.4, 0.5) is 0 Å². The van der Waals surface area contributed by atoms with Crippen LogP contribution in [-0.4, -0.2) is 28.3 Å². The Labute approximate surface area is 134 Å². The van der Waals surface area contributed by atoms with Crippen LogP contribution in [-0.2, 0) is 14.5 Å². The van der Waals surface area contributed by atoms with Crippen LogP contribution in [0.15, 0.2) is 60.7 Å². The molecule has 1 nitrogen and oxygen atoms in total. The zero-order chi connectivity index (χ0) is 14.2. The Morgan fingerprint density at radius 3 is 1.57 bits per heavy atom. The molecule has 4 rings (SSSR count). The summed E-state index contributed by atoms with van der Waals surface area (Å²) in [5, 5.41) is 1.66. The molecule has 0 aliphatic carbocycles. The molecule has 0 fully saturated rings. The molecule has 0 unspecified atom stereocenters. The monoisotopic (exact) mass is 406 g/mol. The quantitative estimate of drug-likeness (QED) is 0.596. The van der Waals surface area contributed by atoms with Crippen LogP contribution in [0.5, 0.6) is 0 Å². The van der Waals surface area contributed by atoms with E-state index in [0.717, 1.165) is 10.6 Å². The minimum absolute atomic E-state index is 0.333. The Hall–Kier alpha value is -1.24. The Morgan fingerprint density at radius 1 is 0.714 bits per heavy atom. The molecule has 1 aliphatic heterocycles. The molecule has 2 aromatic carbocycles. The number of hydrogen-bond donors (Lipinski definition) is 0. The molecule has 21 heavy (non-hydrogen) atoms. The Kier molecular flexibility index (Phi) is 3.52. The van der Waals surface area contributed by atoms with E-state index in [-0.39, 0.29) is 0 Å². The van der Waals surface area contributed by atoms with Crippen molar-refractivity contribution >= 4 is 28.3 Å². The van der Waals surface area contributed by atoms with Crippen LogP contribution in [0.25, 0.3) is 20.0 Å². The second-order valence-electron chi connectivity index (χ2n) is 5.18. The van der Waals surface area contributed by atoms with Crippen LogP contribution in [0.3, 0.4) is 0 Å². The summed E-state index contributed by atoms with van der Waals surface area (Å²) in [6, 6.07) is 21.3. The summed E-state index contributed by atoms with van der Waals surface area (Å²) >= 11 is -1.34. The summed E-state index contributed by atoms with van der Waals surface area (Å²) in [4.78, 5) is 0. The van der Waals surface area contributed by atoms with Gasteiger partial charge in [-0.25, -0.2) is 0 Å². The third-order valence-electron chi connectivity index (χ3n) is 3.80. The Morgan fingerprint density at radius 2 is 1.14 bits per heavy atom. The standard InChI is InChI=1S/C18H14OSe2/c19-21-11-15-16(12-21)18(14-9-5-2-6-10-14)20-17(15)13-7-3-1-4-8-13/h1-10H,11-12H2. The summed E-state index contributed by atoms with van der Waals surface area (Å²) < 4.78 is 15.1. The van der Waals surface area contributed by atoms with Gasteiger partial charge < -0.3 is 0 Å². The molecule has 0 N–H and O–H groups in total. The second kappa shape index (κ2) is 5.51. The first-order valence-corrected chi connectivity index (χ1v) is 11.8.